The van der Waals surface area contributed by atoms with Crippen molar-refractivity contribution in [3.8, 4) is 5.75 Å². The van der Waals surface area contributed by atoms with Crippen molar-refractivity contribution in [1.29, 1.82) is 0 Å². The van der Waals surface area contributed by atoms with Gasteiger partial charge in [0.25, 0.3) is 11.8 Å². The molecule has 208 valence electrons. The predicted molar refractivity (Wildman–Crippen MR) is 160 cm³/mol. The zero-order valence-electron chi connectivity index (χ0n) is 22.4. The van der Waals surface area contributed by atoms with Gasteiger partial charge in [-0.15, -0.1) is 11.8 Å². The maximum atomic E-state index is 13.4. The number of carbonyl (C=O) groups is 3. The summed E-state index contributed by atoms with van der Waals surface area (Å²) in [5.74, 6) is -0.925. The number of benzene rings is 4. The maximum Gasteiger partial charge on any atom is 0.272 e. The van der Waals surface area contributed by atoms with E-state index >= 15 is 0 Å². The third kappa shape index (κ3) is 8.55. The molecule has 3 amide bonds. The van der Waals surface area contributed by atoms with Gasteiger partial charge in [-0.1, -0.05) is 36.4 Å². The number of nitrogens with one attached hydrogen (secondary N) is 3. The fraction of sp³-hybridized carbons (Fsp3) is 0.0938. The minimum Gasteiger partial charge on any atom is -0.497 e. The van der Waals surface area contributed by atoms with Crippen molar-refractivity contribution in [1.82, 2.24) is 5.32 Å². The molecule has 0 fully saturated rings. The highest BCUT2D eigenvalue weighted by Gasteiger charge is 2.17. The number of thioether (sulfide) groups is 1. The maximum absolute atomic E-state index is 13.4. The van der Waals surface area contributed by atoms with Crippen LogP contribution in [0, 0.1) is 5.82 Å². The first-order valence-electron chi connectivity index (χ1n) is 12.7. The normalized spacial score (nSPS) is 11.7. The van der Waals surface area contributed by atoms with Gasteiger partial charge in [-0.25, -0.2) is 4.39 Å². The van der Waals surface area contributed by atoms with Gasteiger partial charge in [0.05, 0.1) is 12.4 Å². The van der Waals surface area contributed by atoms with Crippen molar-refractivity contribution in [2.45, 2.75) is 17.1 Å². The molecule has 7 nitrogen and oxygen atoms in total. The van der Waals surface area contributed by atoms with E-state index in [9.17, 15) is 18.8 Å². The van der Waals surface area contributed by atoms with Crippen LogP contribution in [0.25, 0.3) is 6.08 Å². The summed E-state index contributed by atoms with van der Waals surface area (Å²) < 4.78 is 18.6. The van der Waals surface area contributed by atoms with Crippen LogP contribution in [0.3, 0.4) is 0 Å². The van der Waals surface area contributed by atoms with E-state index in [1.807, 2.05) is 6.07 Å². The van der Waals surface area contributed by atoms with Gasteiger partial charge in [-0.2, -0.15) is 0 Å². The Morgan fingerprint density at radius 1 is 0.829 bits per heavy atom. The van der Waals surface area contributed by atoms with E-state index in [0.717, 1.165) is 4.90 Å². The lowest BCUT2D eigenvalue weighted by molar-refractivity contribution is -0.115. The van der Waals surface area contributed by atoms with Gasteiger partial charge in [-0.05, 0) is 85.3 Å². The Morgan fingerprint density at radius 3 is 2.22 bits per heavy atom. The molecular weight excluding hydrogens is 541 g/mol. The average Bonchev–Trinajstić information content (AvgIpc) is 2.98. The lowest BCUT2D eigenvalue weighted by atomic mass is 10.1. The van der Waals surface area contributed by atoms with E-state index < -0.39 is 22.9 Å². The van der Waals surface area contributed by atoms with Crippen molar-refractivity contribution in [2.75, 3.05) is 17.7 Å². The van der Waals surface area contributed by atoms with Gasteiger partial charge >= 0.3 is 0 Å². The van der Waals surface area contributed by atoms with Gasteiger partial charge in [-0.3, -0.25) is 14.4 Å². The van der Waals surface area contributed by atoms with Crippen LogP contribution in [-0.4, -0.2) is 30.1 Å². The highest BCUT2D eigenvalue weighted by molar-refractivity contribution is 8.00. The molecule has 0 heterocycles. The minimum absolute atomic E-state index is 0.0178. The molecule has 0 aliphatic carbocycles. The van der Waals surface area contributed by atoms with Crippen molar-refractivity contribution in [2.24, 2.45) is 0 Å². The topological polar surface area (TPSA) is 96.5 Å². The molecule has 0 radical (unpaired) electrons. The average molecular weight is 570 g/mol. The molecule has 0 bridgehead atoms. The van der Waals surface area contributed by atoms with Crippen LogP contribution >= 0.6 is 11.8 Å². The molecule has 0 saturated heterocycles. The summed E-state index contributed by atoms with van der Waals surface area (Å²) in [6, 6.07) is 28.2. The first-order valence-corrected chi connectivity index (χ1v) is 13.6. The molecule has 4 aromatic carbocycles. The Morgan fingerprint density at radius 2 is 1.54 bits per heavy atom. The molecule has 1 atom stereocenters. The van der Waals surface area contributed by atoms with Crippen LogP contribution < -0.4 is 20.7 Å². The van der Waals surface area contributed by atoms with Crippen LogP contribution in [0.1, 0.15) is 22.8 Å². The number of rotatable bonds is 10. The smallest absolute Gasteiger partial charge is 0.272 e. The van der Waals surface area contributed by atoms with Gasteiger partial charge in [0.2, 0.25) is 5.91 Å². The summed E-state index contributed by atoms with van der Waals surface area (Å²) in [7, 11) is 1.58. The summed E-state index contributed by atoms with van der Waals surface area (Å²) in [5, 5.41) is 7.91. The summed E-state index contributed by atoms with van der Waals surface area (Å²) in [4.78, 5) is 39.6. The standard InChI is InChI=1S/C32H28FN3O4S/c1-21(30(37)34-25-15-17-27(40-2)18-16-25)41-28-10-6-9-26(20-28)35-32(39)29(19-22-11-13-24(33)14-12-22)36-31(38)23-7-4-3-5-8-23/h3-21H,1-2H3,(H,34,37)(H,35,39)(H,36,38)/b29-19-. The van der Waals surface area contributed by atoms with Crippen molar-refractivity contribution < 1.29 is 23.5 Å². The molecule has 4 rings (SSSR count). The first-order chi connectivity index (χ1) is 19.8. The van der Waals surface area contributed by atoms with Crippen LogP contribution in [0.5, 0.6) is 5.75 Å². The second-order valence-corrected chi connectivity index (χ2v) is 10.3. The number of hydrogen-bond acceptors (Lipinski definition) is 5. The summed E-state index contributed by atoms with van der Waals surface area (Å²) in [5.41, 5.74) is 2.02. The molecule has 9 heteroatoms. The van der Waals surface area contributed by atoms with Crippen LogP contribution in [0.15, 0.2) is 114 Å². The fourth-order valence-electron chi connectivity index (χ4n) is 3.69. The van der Waals surface area contributed by atoms with Gasteiger partial charge in [0.1, 0.15) is 17.3 Å². The predicted octanol–water partition coefficient (Wildman–Crippen LogP) is 6.36. The van der Waals surface area contributed by atoms with E-state index in [2.05, 4.69) is 16.0 Å². The number of halogens is 1. The first kappa shape index (κ1) is 29.1. The van der Waals surface area contributed by atoms with Gasteiger partial charge in [0, 0.05) is 21.8 Å². The second-order valence-electron chi connectivity index (χ2n) is 8.89. The number of methoxy groups -OCH3 is 1. The molecule has 0 saturated carbocycles. The molecule has 0 aromatic heterocycles. The Balaban J connectivity index is 1.46. The Bertz CT molecular complexity index is 1540. The number of amides is 3. The molecule has 4 aromatic rings. The van der Waals surface area contributed by atoms with Crippen LogP contribution in [-0.2, 0) is 9.59 Å². The van der Waals surface area contributed by atoms with Crippen molar-refractivity contribution in [3.63, 3.8) is 0 Å². The van der Waals surface area contributed by atoms with E-state index in [1.54, 1.807) is 86.8 Å². The molecule has 0 aliphatic rings. The third-order valence-corrected chi connectivity index (χ3v) is 6.94. The SMILES string of the molecule is COc1ccc(NC(=O)C(C)Sc2cccc(NC(=O)/C(=C/c3ccc(F)cc3)NC(=O)c3ccccc3)c2)cc1. The summed E-state index contributed by atoms with van der Waals surface area (Å²) in [6.45, 7) is 1.79. The highest BCUT2D eigenvalue weighted by Crippen LogP contribution is 2.27. The Hall–Kier alpha value is -4.89. The van der Waals surface area contributed by atoms with Crippen LogP contribution in [0.4, 0.5) is 15.8 Å². The summed E-state index contributed by atoms with van der Waals surface area (Å²) in [6.07, 6.45) is 1.47. The molecule has 3 N–H and O–H groups in total. The lowest BCUT2D eigenvalue weighted by Crippen LogP contribution is -2.30. The van der Waals surface area contributed by atoms with Gasteiger partial charge in [0.15, 0.2) is 0 Å². The number of hydrogen-bond donors (Lipinski definition) is 3. The highest BCUT2D eigenvalue weighted by atomic mass is 32.2. The van der Waals surface area contributed by atoms with Crippen molar-refractivity contribution >= 4 is 46.9 Å². The Kier molecular flexibility index (Phi) is 9.90. The number of carbonyl (C=O) groups excluding carboxylic acids is 3. The molecular formula is C32H28FN3O4S. The lowest BCUT2D eigenvalue weighted by Gasteiger charge is -2.14. The quantitative estimate of drug-likeness (QED) is 0.153. The zero-order valence-corrected chi connectivity index (χ0v) is 23.2. The van der Waals surface area contributed by atoms with E-state index in [0.29, 0.717) is 28.3 Å². The largest absolute Gasteiger partial charge is 0.497 e. The molecule has 1 unspecified atom stereocenters. The Labute approximate surface area is 241 Å². The monoisotopic (exact) mass is 569 g/mol. The fourth-order valence-corrected chi connectivity index (χ4v) is 4.62. The van der Waals surface area contributed by atoms with E-state index in [1.165, 1.54) is 42.1 Å². The number of anilines is 2. The van der Waals surface area contributed by atoms with E-state index in [-0.39, 0.29) is 11.6 Å². The zero-order chi connectivity index (χ0) is 29.2. The molecule has 0 aliphatic heterocycles. The molecule has 41 heavy (non-hydrogen) atoms. The second kappa shape index (κ2) is 14.0. The minimum atomic E-state index is -0.564. The number of ether oxygens (including phenoxy) is 1. The van der Waals surface area contributed by atoms with E-state index in [4.69, 9.17) is 4.74 Å². The van der Waals surface area contributed by atoms with Gasteiger partial charge < -0.3 is 20.7 Å². The van der Waals surface area contributed by atoms with Crippen LogP contribution in [0.2, 0.25) is 0 Å². The van der Waals surface area contributed by atoms with Crippen molar-refractivity contribution in [3.05, 3.63) is 126 Å². The summed E-state index contributed by atoms with van der Waals surface area (Å²) >= 11 is 1.33. The third-order valence-electron chi connectivity index (χ3n) is 5.84. The molecule has 0 spiro atoms.